The van der Waals surface area contributed by atoms with Gasteiger partial charge in [-0.1, -0.05) is 77.6 Å². The molecule has 4 heterocycles. The van der Waals surface area contributed by atoms with Crippen LogP contribution in [-0.2, 0) is 39.9 Å². The molecule has 6 aromatic rings. The quantitative estimate of drug-likeness (QED) is 0.0315. The highest BCUT2D eigenvalue weighted by Crippen LogP contribution is 2.39. The van der Waals surface area contributed by atoms with Crippen molar-refractivity contribution in [3.05, 3.63) is 152 Å². The first-order chi connectivity index (χ1) is 32.8. The Hall–Kier alpha value is -4.96. The number of hydrogen-bond donors (Lipinski definition) is 4. The Bertz CT molecular complexity index is 2080. The third kappa shape index (κ3) is 14.1. The van der Waals surface area contributed by atoms with Crippen molar-refractivity contribution >= 4 is 0 Å². The van der Waals surface area contributed by atoms with Crippen LogP contribution >= 0.6 is 0 Å². The van der Waals surface area contributed by atoms with Crippen molar-refractivity contribution in [1.82, 2.24) is 19.9 Å². The topological polar surface area (TPSA) is 109 Å². The van der Waals surface area contributed by atoms with Crippen LogP contribution in [0.25, 0.3) is 0 Å². The summed E-state index contributed by atoms with van der Waals surface area (Å²) in [5.74, 6) is 1.80. The van der Waals surface area contributed by atoms with Gasteiger partial charge in [0, 0.05) is 47.6 Å². The van der Waals surface area contributed by atoms with Crippen LogP contribution in [0.5, 0.6) is 11.5 Å². The smallest absolute Gasteiger partial charge is 0.119 e. The van der Waals surface area contributed by atoms with E-state index in [-0.39, 0.29) is 11.8 Å². The van der Waals surface area contributed by atoms with Crippen LogP contribution in [0.2, 0.25) is 0 Å². The molecule has 0 unspecified atom stereocenters. The lowest BCUT2D eigenvalue weighted by molar-refractivity contribution is 0.00498. The zero-order valence-corrected chi connectivity index (χ0v) is 42.3. The number of aryl methyl sites for hydroxylation is 4. The lowest BCUT2D eigenvalue weighted by Gasteiger charge is -2.20. The molecule has 2 aromatic carbocycles. The van der Waals surface area contributed by atoms with E-state index in [0.717, 1.165) is 37.2 Å². The number of aromatic nitrogens is 4. The molecule has 0 saturated heterocycles. The van der Waals surface area contributed by atoms with Crippen LogP contribution in [0.1, 0.15) is 169 Å². The summed E-state index contributed by atoms with van der Waals surface area (Å²) in [6, 6.07) is 17.1. The van der Waals surface area contributed by atoms with Gasteiger partial charge in [0.25, 0.3) is 0 Å². The molecule has 0 saturated carbocycles. The van der Waals surface area contributed by atoms with E-state index in [0.29, 0.717) is 52.9 Å². The molecule has 364 valence electrons. The van der Waals surface area contributed by atoms with Crippen LogP contribution in [-0.4, -0.2) is 72.8 Å². The molecule has 4 N–H and O–H groups in total. The molecule has 0 amide bonds. The minimum absolute atomic E-state index is 0.0571. The number of hydrogen-bond acceptors (Lipinski definition) is 5. The number of benzene rings is 2. The molecular weight excluding hydrogens is 833 g/mol. The number of nitrogens with one attached hydrogen (secondary N) is 4. The molecule has 0 radical (unpaired) electrons. The summed E-state index contributed by atoms with van der Waals surface area (Å²) >= 11 is 0. The van der Waals surface area contributed by atoms with Gasteiger partial charge in [0.2, 0.25) is 0 Å². The standard InChI is InChI=1S/C58H82N4O5/c1-9-13-19-47-37-59-55(41(47)5)53(56-42(6)48(38-60-56)20-14-10-2)45-23-17-25-51(35-45)66-33-31-64-29-27-63-28-30-65-32-34-67-52-26-18-24-46(36-52)54(57-43(7)49(39-61-57)21-15-11-3)58-44(8)50(40-62-58)22-16-12-4/h17-18,23-26,35-40,53-54,59-62H,9-16,19-22,27-34H2,1-8H3. The van der Waals surface area contributed by atoms with Crippen molar-refractivity contribution in [2.24, 2.45) is 0 Å². The van der Waals surface area contributed by atoms with Gasteiger partial charge in [0.1, 0.15) is 24.7 Å². The van der Waals surface area contributed by atoms with Gasteiger partial charge in [-0.3, -0.25) is 0 Å². The Kier molecular flexibility index (Phi) is 20.8. The van der Waals surface area contributed by atoms with Crippen LogP contribution in [0, 0.1) is 27.7 Å². The first-order valence-corrected chi connectivity index (χ1v) is 25.6. The van der Waals surface area contributed by atoms with E-state index >= 15 is 0 Å². The number of aromatic amines is 4. The third-order valence-electron chi connectivity index (χ3n) is 13.6. The van der Waals surface area contributed by atoms with Crippen molar-refractivity contribution < 1.29 is 23.7 Å². The molecule has 0 aliphatic carbocycles. The maximum atomic E-state index is 6.23. The first-order valence-electron chi connectivity index (χ1n) is 25.6. The van der Waals surface area contributed by atoms with Crippen LogP contribution in [0.4, 0.5) is 0 Å². The highest BCUT2D eigenvalue weighted by molar-refractivity contribution is 5.51. The Labute approximate surface area is 402 Å². The number of unbranched alkanes of at least 4 members (excludes halogenated alkanes) is 4. The fraction of sp³-hybridized carbons (Fsp3) is 0.517. The predicted molar refractivity (Wildman–Crippen MR) is 275 cm³/mol. The van der Waals surface area contributed by atoms with Crippen molar-refractivity contribution in [1.29, 1.82) is 0 Å². The molecule has 4 aromatic heterocycles. The zero-order valence-electron chi connectivity index (χ0n) is 42.3. The highest BCUT2D eigenvalue weighted by Gasteiger charge is 2.27. The van der Waals surface area contributed by atoms with Crippen LogP contribution < -0.4 is 9.47 Å². The summed E-state index contributed by atoms with van der Waals surface area (Å²) in [6.07, 6.45) is 22.7. The molecule has 0 spiro atoms. The van der Waals surface area contributed by atoms with E-state index in [9.17, 15) is 0 Å². The number of rotatable bonds is 32. The van der Waals surface area contributed by atoms with Gasteiger partial charge >= 0.3 is 0 Å². The number of H-pyrrole nitrogens is 4. The van der Waals surface area contributed by atoms with E-state index in [1.54, 1.807) is 0 Å². The van der Waals surface area contributed by atoms with Gasteiger partial charge in [-0.05, 0) is 159 Å². The Morgan fingerprint density at radius 1 is 0.388 bits per heavy atom. The Morgan fingerprint density at radius 2 is 0.672 bits per heavy atom. The summed E-state index contributed by atoms with van der Waals surface area (Å²) in [5.41, 5.74) is 18.4. The molecule has 0 aliphatic heterocycles. The van der Waals surface area contributed by atoms with E-state index < -0.39 is 0 Å². The van der Waals surface area contributed by atoms with Gasteiger partial charge in [-0.15, -0.1) is 0 Å². The maximum Gasteiger partial charge on any atom is 0.119 e. The van der Waals surface area contributed by atoms with Crippen molar-refractivity contribution in [2.75, 3.05) is 52.9 Å². The molecule has 0 bridgehead atoms. The molecule has 0 fully saturated rings. The van der Waals surface area contributed by atoms with Gasteiger partial charge < -0.3 is 43.6 Å². The van der Waals surface area contributed by atoms with Gasteiger partial charge in [0.05, 0.1) is 51.5 Å². The van der Waals surface area contributed by atoms with E-state index in [4.69, 9.17) is 23.7 Å². The lowest BCUT2D eigenvalue weighted by Crippen LogP contribution is -2.14. The second kappa shape index (κ2) is 27.1. The average molecular weight is 915 g/mol. The summed E-state index contributed by atoms with van der Waals surface area (Å²) in [7, 11) is 0. The molecule has 6 rings (SSSR count). The second-order valence-electron chi connectivity index (χ2n) is 18.4. The maximum absolute atomic E-state index is 6.23. The lowest BCUT2D eigenvalue weighted by atomic mass is 9.87. The normalized spacial score (nSPS) is 11.7. The predicted octanol–water partition coefficient (Wildman–Crippen LogP) is 13.5. The Balaban J connectivity index is 0.922. The molecule has 0 aliphatic rings. The molecule has 9 heteroatoms. The third-order valence-corrected chi connectivity index (χ3v) is 13.6. The van der Waals surface area contributed by atoms with Crippen molar-refractivity contribution in [3.8, 4) is 11.5 Å². The van der Waals surface area contributed by atoms with Crippen molar-refractivity contribution in [2.45, 2.75) is 144 Å². The van der Waals surface area contributed by atoms with Crippen molar-refractivity contribution in [3.63, 3.8) is 0 Å². The molecular formula is C58H82N4O5. The van der Waals surface area contributed by atoms with E-state index in [2.05, 4.69) is 137 Å². The van der Waals surface area contributed by atoms with Crippen LogP contribution in [0.3, 0.4) is 0 Å². The number of ether oxygens (including phenoxy) is 5. The molecule has 0 atom stereocenters. The fourth-order valence-corrected chi connectivity index (χ4v) is 9.43. The van der Waals surface area contributed by atoms with E-state index in [1.807, 2.05) is 12.1 Å². The molecule has 67 heavy (non-hydrogen) atoms. The fourth-order valence-electron chi connectivity index (χ4n) is 9.43. The summed E-state index contributed by atoms with van der Waals surface area (Å²) in [4.78, 5) is 14.8. The minimum Gasteiger partial charge on any atom is -0.491 e. The van der Waals surface area contributed by atoms with Gasteiger partial charge in [0.15, 0.2) is 0 Å². The van der Waals surface area contributed by atoms with Crippen LogP contribution in [0.15, 0.2) is 73.3 Å². The largest absolute Gasteiger partial charge is 0.491 e. The summed E-state index contributed by atoms with van der Waals surface area (Å²) < 4.78 is 30.0. The SMILES string of the molecule is CCCCc1c[nH]c(C(c2cccc(OCCOCCOCCOCCOc3cccc(C(c4[nH]cc(CCCC)c4C)c4[nH]cc(CCCC)c4C)c3)c2)c2[nH]cc(CCCC)c2C)c1C. The molecule has 9 nitrogen and oxygen atoms in total. The van der Waals surface area contributed by atoms with Gasteiger partial charge in [-0.25, -0.2) is 0 Å². The highest BCUT2D eigenvalue weighted by atomic mass is 16.6. The summed E-state index contributed by atoms with van der Waals surface area (Å²) in [5, 5.41) is 0. The second-order valence-corrected chi connectivity index (χ2v) is 18.4. The first kappa shape index (κ1) is 51.4. The summed E-state index contributed by atoms with van der Waals surface area (Å²) in [6.45, 7) is 22.0. The minimum atomic E-state index is 0.0571. The Morgan fingerprint density at radius 3 is 0.955 bits per heavy atom. The monoisotopic (exact) mass is 915 g/mol. The average Bonchev–Trinajstić information content (AvgIpc) is 4.11. The van der Waals surface area contributed by atoms with E-state index in [1.165, 1.54) is 130 Å². The van der Waals surface area contributed by atoms with Gasteiger partial charge in [-0.2, -0.15) is 0 Å². The zero-order chi connectivity index (χ0) is 47.4.